The lowest BCUT2D eigenvalue weighted by Gasteiger charge is -2.18. The molecule has 1 aromatic carbocycles. The molecule has 138 valence electrons. The lowest BCUT2D eigenvalue weighted by atomic mass is 10.1. The summed E-state index contributed by atoms with van der Waals surface area (Å²) in [4.78, 5) is 16.4. The third-order valence-corrected chi connectivity index (χ3v) is 4.21. The van der Waals surface area contributed by atoms with Gasteiger partial charge in [-0.25, -0.2) is 0 Å². The quantitative estimate of drug-likeness (QED) is 0.529. The number of anilines is 1. The van der Waals surface area contributed by atoms with E-state index in [0.29, 0.717) is 11.4 Å². The molecule has 0 saturated carbocycles. The highest BCUT2D eigenvalue weighted by molar-refractivity contribution is 6.72. The Hall–Kier alpha value is -2.01. The normalized spacial score (nSPS) is 13.9. The minimum absolute atomic E-state index is 0.0794. The van der Waals surface area contributed by atoms with Crippen LogP contribution in [0.4, 0.5) is 5.69 Å². The number of rotatable bonds is 8. The number of nitrogens with zero attached hydrogens (tertiary/aromatic N) is 1. The summed E-state index contributed by atoms with van der Waals surface area (Å²) in [5.74, 6) is 0.363. The first-order valence-electron chi connectivity index (χ1n) is 8.48. The van der Waals surface area contributed by atoms with Crippen LogP contribution in [0.15, 0.2) is 34.5 Å². The van der Waals surface area contributed by atoms with E-state index < -0.39 is 5.91 Å². The Labute approximate surface area is 155 Å². The van der Waals surface area contributed by atoms with Gasteiger partial charge in [-0.2, -0.15) is 0 Å². The summed E-state index contributed by atoms with van der Waals surface area (Å²) in [5.41, 5.74) is 7.78. The van der Waals surface area contributed by atoms with Crippen LogP contribution in [-0.2, 0) is 4.79 Å². The molecule has 3 N–H and O–H groups in total. The third kappa shape index (κ3) is 6.09. The van der Waals surface area contributed by atoms with Crippen LogP contribution in [-0.4, -0.2) is 24.2 Å². The molecule has 0 bridgehead atoms. The lowest BCUT2D eigenvalue weighted by Crippen LogP contribution is -2.22. The maximum atomic E-state index is 12.5. The maximum Gasteiger partial charge on any atom is 0.260 e. The Morgan fingerprint density at radius 3 is 2.68 bits per heavy atom. The van der Waals surface area contributed by atoms with Gasteiger partial charge in [-0.3, -0.25) is 9.79 Å². The number of halogens is 1. The van der Waals surface area contributed by atoms with E-state index >= 15 is 0 Å². The molecule has 0 aliphatic rings. The summed E-state index contributed by atoms with van der Waals surface area (Å²) >= 11 is 6.00. The van der Waals surface area contributed by atoms with Crippen LogP contribution in [0.5, 0.6) is 5.75 Å². The number of allylic oxidation sites excluding steroid dienone is 1. The van der Waals surface area contributed by atoms with Gasteiger partial charge in [0.15, 0.2) is 0 Å². The number of carbonyl (C=O) groups excluding carboxylic acids is 1. The molecule has 1 rings (SSSR count). The Kier molecular flexibility index (Phi) is 8.49. The highest BCUT2D eigenvalue weighted by Crippen LogP contribution is 2.27. The van der Waals surface area contributed by atoms with Gasteiger partial charge in [-0.15, -0.1) is 0 Å². The van der Waals surface area contributed by atoms with Crippen LogP contribution in [0.3, 0.4) is 0 Å². The second-order valence-electron chi connectivity index (χ2n) is 6.03. The van der Waals surface area contributed by atoms with Crippen molar-refractivity contribution in [3.63, 3.8) is 0 Å². The van der Waals surface area contributed by atoms with Gasteiger partial charge in [0.1, 0.15) is 10.9 Å². The first kappa shape index (κ1) is 21.0. The van der Waals surface area contributed by atoms with Gasteiger partial charge in [-0.1, -0.05) is 37.4 Å². The lowest BCUT2D eigenvalue weighted by molar-refractivity contribution is -0.112. The van der Waals surface area contributed by atoms with Gasteiger partial charge in [-0.05, 0) is 39.3 Å². The number of amides is 1. The average molecular weight is 366 g/mol. The zero-order valence-corrected chi connectivity index (χ0v) is 16.4. The van der Waals surface area contributed by atoms with Crippen LogP contribution in [0.1, 0.15) is 45.6 Å². The Bertz CT molecular complexity index is 665. The average Bonchev–Trinajstić information content (AvgIpc) is 2.56. The molecular formula is C19H28ClN3O2. The molecule has 0 radical (unpaired) electrons. The largest absolute Gasteiger partial charge is 0.490 e. The van der Waals surface area contributed by atoms with Gasteiger partial charge in [0.05, 0.1) is 11.7 Å². The number of unbranched alkanes of at least 4 members (excludes halogenated alkanes) is 1. The molecule has 0 spiro atoms. The summed E-state index contributed by atoms with van der Waals surface area (Å²) in [6.45, 7) is 7.73. The van der Waals surface area contributed by atoms with Crippen molar-refractivity contribution in [2.24, 2.45) is 10.7 Å². The number of hydrogen-bond donors (Lipinski definition) is 2. The van der Waals surface area contributed by atoms with E-state index in [2.05, 4.69) is 24.2 Å². The van der Waals surface area contributed by atoms with E-state index in [0.717, 1.165) is 30.6 Å². The van der Waals surface area contributed by atoms with Crippen molar-refractivity contribution in [2.75, 3.05) is 12.4 Å². The summed E-state index contributed by atoms with van der Waals surface area (Å²) in [5, 5.41) is 2.92. The van der Waals surface area contributed by atoms with Gasteiger partial charge in [0.2, 0.25) is 0 Å². The topological polar surface area (TPSA) is 76.7 Å². The number of carbonyl (C=O) groups is 1. The summed E-state index contributed by atoms with van der Waals surface area (Å²) in [6, 6.07) is 5.56. The minimum Gasteiger partial charge on any atom is -0.490 e. The first-order valence-corrected chi connectivity index (χ1v) is 8.86. The first-order chi connectivity index (χ1) is 11.8. The van der Waals surface area contributed by atoms with E-state index in [-0.39, 0.29) is 16.8 Å². The predicted molar refractivity (Wildman–Crippen MR) is 106 cm³/mol. The molecule has 1 amide bonds. The fourth-order valence-corrected chi connectivity index (χ4v) is 2.61. The second-order valence-corrected chi connectivity index (χ2v) is 6.38. The highest BCUT2D eigenvalue weighted by Gasteiger charge is 2.18. The van der Waals surface area contributed by atoms with E-state index in [1.54, 1.807) is 6.92 Å². The molecular weight excluding hydrogens is 338 g/mol. The molecule has 1 atom stereocenters. The number of nitrogens with two attached hydrogens (primary N) is 1. The van der Waals surface area contributed by atoms with Crippen molar-refractivity contribution in [3.8, 4) is 5.75 Å². The highest BCUT2D eigenvalue weighted by atomic mass is 35.5. The second kappa shape index (κ2) is 10.1. The molecule has 0 fully saturated rings. The summed E-state index contributed by atoms with van der Waals surface area (Å²) in [7, 11) is 1.51. The zero-order valence-electron chi connectivity index (χ0n) is 15.6. The van der Waals surface area contributed by atoms with E-state index in [9.17, 15) is 4.79 Å². The Morgan fingerprint density at radius 2 is 2.12 bits per heavy atom. The van der Waals surface area contributed by atoms with Crippen molar-refractivity contribution in [1.82, 2.24) is 0 Å². The van der Waals surface area contributed by atoms with Crippen molar-refractivity contribution >= 4 is 28.4 Å². The predicted octanol–water partition coefficient (Wildman–Crippen LogP) is 4.39. The van der Waals surface area contributed by atoms with Gasteiger partial charge in [0, 0.05) is 24.0 Å². The molecule has 25 heavy (non-hydrogen) atoms. The van der Waals surface area contributed by atoms with Crippen LogP contribution in [0, 0.1) is 6.92 Å². The number of aliphatic imine (C=N–C) groups is 1. The van der Waals surface area contributed by atoms with Crippen molar-refractivity contribution in [3.05, 3.63) is 35.0 Å². The molecule has 0 aliphatic heterocycles. The van der Waals surface area contributed by atoms with E-state index in [4.69, 9.17) is 22.1 Å². The summed E-state index contributed by atoms with van der Waals surface area (Å²) in [6.07, 6.45) is 3.37. The van der Waals surface area contributed by atoms with Crippen LogP contribution < -0.4 is 15.8 Å². The fraction of sp³-hybridized carbons (Fsp3) is 0.474. The van der Waals surface area contributed by atoms with Crippen LogP contribution in [0.2, 0.25) is 0 Å². The number of nitrogens with one attached hydrogen (secondary N) is 1. The molecule has 6 heteroatoms. The third-order valence-electron chi connectivity index (χ3n) is 3.85. The molecule has 1 unspecified atom stereocenters. The van der Waals surface area contributed by atoms with E-state index in [1.807, 2.05) is 25.1 Å². The molecule has 1 aromatic rings. The molecule has 0 saturated heterocycles. The monoisotopic (exact) mass is 365 g/mol. The number of benzene rings is 1. The fourth-order valence-electron chi connectivity index (χ4n) is 2.38. The van der Waals surface area contributed by atoms with Crippen molar-refractivity contribution in [2.45, 2.75) is 53.1 Å². The van der Waals surface area contributed by atoms with Gasteiger partial charge >= 0.3 is 0 Å². The number of hydrogen-bond acceptors (Lipinski definition) is 4. The Balaban J connectivity index is 2.99. The van der Waals surface area contributed by atoms with Crippen molar-refractivity contribution in [1.29, 1.82) is 0 Å². The minimum atomic E-state index is -0.394. The van der Waals surface area contributed by atoms with Crippen molar-refractivity contribution < 1.29 is 9.53 Å². The number of ether oxygens (including phenoxy) is 1. The molecule has 0 heterocycles. The van der Waals surface area contributed by atoms with Gasteiger partial charge in [0.25, 0.3) is 5.91 Å². The van der Waals surface area contributed by atoms with Crippen LogP contribution in [0.25, 0.3) is 0 Å². The Morgan fingerprint density at radius 1 is 1.44 bits per heavy atom. The molecule has 0 aromatic heterocycles. The maximum absolute atomic E-state index is 12.5. The molecule has 0 aliphatic carbocycles. The zero-order chi connectivity index (χ0) is 19.0. The van der Waals surface area contributed by atoms with E-state index in [1.165, 1.54) is 7.05 Å². The smallest absolute Gasteiger partial charge is 0.260 e. The molecule has 5 nitrogen and oxygen atoms in total. The summed E-state index contributed by atoms with van der Waals surface area (Å²) < 4.78 is 6.01. The SMILES string of the molecule is CCCCC(C)Oc1cccc(NC(=O)C(C(Cl)=NC)=C(C)N)c1C. The van der Waals surface area contributed by atoms with Crippen LogP contribution >= 0.6 is 11.6 Å². The van der Waals surface area contributed by atoms with Gasteiger partial charge < -0.3 is 15.8 Å². The standard InChI is InChI=1S/C19H28ClN3O2/c1-6-7-9-12(2)25-16-11-8-10-15(13(16)3)23-19(24)17(14(4)21)18(20)22-5/h8,10-12H,6-7,9,21H2,1-5H3,(H,23,24).